The molecule has 0 saturated carbocycles. The molecule has 1 fully saturated rings. The highest BCUT2D eigenvalue weighted by Gasteiger charge is 2.29. The molecular weight excluding hydrogens is 274 g/mol. The van der Waals surface area contributed by atoms with Crippen molar-refractivity contribution in [3.63, 3.8) is 0 Å². The van der Waals surface area contributed by atoms with Gasteiger partial charge in [-0.3, -0.25) is 4.90 Å². The van der Waals surface area contributed by atoms with Crippen LogP contribution in [0.2, 0.25) is 5.02 Å². The lowest BCUT2D eigenvalue weighted by molar-refractivity contribution is 0.0316. The van der Waals surface area contributed by atoms with Gasteiger partial charge in [-0.1, -0.05) is 24.1 Å². The molecule has 0 aliphatic carbocycles. The molecule has 0 radical (unpaired) electrons. The predicted molar refractivity (Wildman–Crippen MR) is 82.4 cm³/mol. The first kappa shape index (κ1) is 15.4. The van der Waals surface area contributed by atoms with Crippen molar-refractivity contribution < 1.29 is 9.84 Å². The zero-order valence-electron chi connectivity index (χ0n) is 11.9. The minimum absolute atomic E-state index is 0.116. The normalized spacial score (nSPS) is 21.4. The number of hydrogen-bond donors (Lipinski definition) is 1. The third kappa shape index (κ3) is 3.54. The molecule has 1 N–H and O–H groups in total. The maximum absolute atomic E-state index is 10.7. The second-order valence-electron chi connectivity index (χ2n) is 5.22. The lowest BCUT2D eigenvalue weighted by atomic mass is 9.93. The van der Waals surface area contributed by atoms with Crippen molar-refractivity contribution in [2.45, 2.75) is 31.4 Å². The first-order chi connectivity index (χ1) is 9.65. The number of piperidine rings is 1. The van der Waals surface area contributed by atoms with Crippen molar-refractivity contribution in [1.29, 1.82) is 0 Å². The van der Waals surface area contributed by atoms with Crippen LogP contribution in [0.4, 0.5) is 0 Å². The van der Waals surface area contributed by atoms with Crippen molar-refractivity contribution in [2.75, 3.05) is 20.2 Å². The van der Waals surface area contributed by atoms with Crippen LogP contribution in [0.5, 0.6) is 5.75 Å². The van der Waals surface area contributed by atoms with Crippen molar-refractivity contribution in [3.8, 4) is 5.75 Å². The fourth-order valence-corrected chi connectivity index (χ4v) is 3.10. The van der Waals surface area contributed by atoms with Crippen LogP contribution in [-0.2, 0) is 0 Å². The minimum Gasteiger partial charge on any atom is -0.497 e. The highest BCUT2D eigenvalue weighted by Crippen LogP contribution is 2.32. The van der Waals surface area contributed by atoms with Gasteiger partial charge in [-0.05, 0) is 43.1 Å². The van der Waals surface area contributed by atoms with Gasteiger partial charge in [0.1, 0.15) is 5.75 Å². The Morgan fingerprint density at radius 2 is 2.30 bits per heavy atom. The van der Waals surface area contributed by atoms with E-state index >= 15 is 0 Å². The SMILES string of the molecule is C=CCN1CCCCC1C(O)c1cc(Cl)cc(OC)c1. The van der Waals surface area contributed by atoms with Crippen molar-refractivity contribution in [2.24, 2.45) is 0 Å². The van der Waals surface area contributed by atoms with E-state index in [1.807, 2.05) is 18.2 Å². The number of methoxy groups -OCH3 is 1. The number of aliphatic hydroxyl groups excluding tert-OH is 1. The van der Waals surface area contributed by atoms with E-state index in [1.54, 1.807) is 13.2 Å². The summed E-state index contributed by atoms with van der Waals surface area (Å²) >= 11 is 6.09. The number of hydrogen-bond acceptors (Lipinski definition) is 3. The average molecular weight is 296 g/mol. The molecule has 2 atom stereocenters. The zero-order chi connectivity index (χ0) is 14.5. The van der Waals surface area contributed by atoms with Crippen molar-refractivity contribution in [1.82, 2.24) is 4.90 Å². The van der Waals surface area contributed by atoms with Gasteiger partial charge >= 0.3 is 0 Å². The Morgan fingerprint density at radius 3 is 3.00 bits per heavy atom. The molecule has 1 aromatic rings. The van der Waals surface area contributed by atoms with Gasteiger partial charge < -0.3 is 9.84 Å². The van der Waals surface area contributed by atoms with E-state index in [1.165, 1.54) is 6.42 Å². The fraction of sp³-hybridized carbons (Fsp3) is 0.500. The maximum Gasteiger partial charge on any atom is 0.120 e. The predicted octanol–water partition coefficient (Wildman–Crippen LogP) is 3.42. The van der Waals surface area contributed by atoms with E-state index in [0.717, 1.165) is 31.5 Å². The van der Waals surface area contributed by atoms with Crippen molar-refractivity contribution >= 4 is 11.6 Å². The first-order valence-corrected chi connectivity index (χ1v) is 7.41. The molecule has 1 aliphatic heterocycles. The summed E-state index contributed by atoms with van der Waals surface area (Å²) in [5.74, 6) is 0.678. The molecular formula is C16H22ClNO2. The van der Waals surface area contributed by atoms with Crippen molar-refractivity contribution in [3.05, 3.63) is 41.4 Å². The Kier molecular flexibility index (Phi) is 5.46. The third-order valence-electron chi connectivity index (χ3n) is 3.86. The van der Waals surface area contributed by atoms with Gasteiger partial charge in [-0.15, -0.1) is 6.58 Å². The minimum atomic E-state index is -0.553. The summed E-state index contributed by atoms with van der Waals surface area (Å²) in [4.78, 5) is 2.29. The van der Waals surface area contributed by atoms with Crippen LogP contribution in [0.25, 0.3) is 0 Å². The standard InChI is InChI=1S/C16H22ClNO2/c1-3-7-18-8-5-4-6-15(18)16(19)12-9-13(17)11-14(10-12)20-2/h3,9-11,15-16,19H,1,4-8H2,2H3. The fourth-order valence-electron chi connectivity index (χ4n) is 2.86. The number of halogens is 1. The highest BCUT2D eigenvalue weighted by molar-refractivity contribution is 6.30. The van der Waals surface area contributed by atoms with E-state index in [0.29, 0.717) is 10.8 Å². The third-order valence-corrected chi connectivity index (χ3v) is 4.08. The lowest BCUT2D eigenvalue weighted by Crippen LogP contribution is -2.43. The second-order valence-corrected chi connectivity index (χ2v) is 5.65. The van der Waals surface area contributed by atoms with E-state index in [9.17, 15) is 5.11 Å². The topological polar surface area (TPSA) is 32.7 Å². The van der Waals surface area contributed by atoms with Crippen LogP contribution in [0.1, 0.15) is 30.9 Å². The van der Waals surface area contributed by atoms with Gasteiger partial charge in [0.2, 0.25) is 0 Å². The highest BCUT2D eigenvalue weighted by atomic mass is 35.5. The van der Waals surface area contributed by atoms with Crippen LogP contribution in [0.15, 0.2) is 30.9 Å². The quantitative estimate of drug-likeness (QED) is 0.845. The summed E-state index contributed by atoms with van der Waals surface area (Å²) < 4.78 is 5.22. The van der Waals surface area contributed by atoms with E-state index in [-0.39, 0.29) is 6.04 Å². The van der Waals surface area contributed by atoms with Gasteiger partial charge in [0.15, 0.2) is 0 Å². The van der Waals surface area contributed by atoms with Crippen LogP contribution in [0.3, 0.4) is 0 Å². The number of nitrogens with zero attached hydrogens (tertiary/aromatic N) is 1. The molecule has 1 aliphatic rings. The molecule has 0 spiro atoms. The largest absolute Gasteiger partial charge is 0.497 e. The van der Waals surface area contributed by atoms with Crippen LogP contribution < -0.4 is 4.74 Å². The molecule has 1 saturated heterocycles. The molecule has 0 amide bonds. The van der Waals surface area contributed by atoms with E-state index < -0.39 is 6.10 Å². The number of aliphatic hydroxyl groups is 1. The van der Waals surface area contributed by atoms with Gasteiger partial charge in [0.25, 0.3) is 0 Å². The summed E-state index contributed by atoms with van der Waals surface area (Å²) in [7, 11) is 1.60. The first-order valence-electron chi connectivity index (χ1n) is 7.03. The summed E-state index contributed by atoms with van der Waals surface area (Å²) in [6.07, 6.45) is 4.65. The van der Waals surface area contributed by atoms with Gasteiger partial charge in [-0.25, -0.2) is 0 Å². The van der Waals surface area contributed by atoms with Crippen LogP contribution >= 0.6 is 11.6 Å². The molecule has 2 rings (SSSR count). The van der Waals surface area contributed by atoms with Gasteiger partial charge in [0, 0.05) is 17.6 Å². The van der Waals surface area contributed by atoms with Gasteiger partial charge in [-0.2, -0.15) is 0 Å². The smallest absolute Gasteiger partial charge is 0.120 e. The second kappa shape index (κ2) is 7.11. The monoisotopic (exact) mass is 295 g/mol. The number of rotatable bonds is 5. The Morgan fingerprint density at radius 1 is 1.50 bits per heavy atom. The molecule has 20 heavy (non-hydrogen) atoms. The Hall–Kier alpha value is -1.03. The number of benzene rings is 1. The van der Waals surface area contributed by atoms with Crippen LogP contribution in [-0.4, -0.2) is 36.2 Å². The van der Waals surface area contributed by atoms with Crippen LogP contribution in [0, 0.1) is 0 Å². The molecule has 4 heteroatoms. The molecule has 3 nitrogen and oxygen atoms in total. The van der Waals surface area contributed by atoms with E-state index in [2.05, 4.69) is 11.5 Å². The number of ether oxygens (including phenoxy) is 1. The number of likely N-dealkylation sites (tertiary alicyclic amines) is 1. The Labute approximate surface area is 125 Å². The Balaban J connectivity index is 2.21. The van der Waals surface area contributed by atoms with Gasteiger partial charge in [0.05, 0.1) is 13.2 Å². The molecule has 0 bridgehead atoms. The summed E-state index contributed by atoms with van der Waals surface area (Å²) in [6.45, 7) is 5.61. The maximum atomic E-state index is 10.7. The average Bonchev–Trinajstić information content (AvgIpc) is 2.46. The van der Waals surface area contributed by atoms with E-state index in [4.69, 9.17) is 16.3 Å². The molecule has 110 valence electrons. The zero-order valence-corrected chi connectivity index (χ0v) is 12.6. The summed E-state index contributed by atoms with van der Waals surface area (Å²) in [5.41, 5.74) is 0.815. The lowest BCUT2D eigenvalue weighted by Gasteiger charge is -2.38. The molecule has 1 aromatic carbocycles. The molecule has 2 unspecified atom stereocenters. The molecule has 1 heterocycles. The summed E-state index contributed by atoms with van der Waals surface area (Å²) in [6, 6.07) is 5.54. The summed E-state index contributed by atoms with van der Waals surface area (Å²) in [5, 5.41) is 11.3. The molecule has 0 aromatic heterocycles. The Bertz CT molecular complexity index is 464.